The zero-order valence-electron chi connectivity index (χ0n) is 12.2. The van der Waals surface area contributed by atoms with Crippen LogP contribution in [0.15, 0.2) is 30.7 Å². The molecule has 3 heterocycles. The van der Waals surface area contributed by atoms with Crippen molar-refractivity contribution in [3.63, 3.8) is 0 Å². The van der Waals surface area contributed by atoms with Gasteiger partial charge in [-0.05, 0) is 24.8 Å². The third-order valence-corrected chi connectivity index (χ3v) is 4.54. The molecule has 1 aromatic heterocycles. The number of aryl methyl sites for hydroxylation is 1. The third-order valence-electron chi connectivity index (χ3n) is 4.54. The van der Waals surface area contributed by atoms with Crippen molar-refractivity contribution in [2.75, 3.05) is 25.1 Å². The van der Waals surface area contributed by atoms with Gasteiger partial charge >= 0.3 is 0 Å². The van der Waals surface area contributed by atoms with Gasteiger partial charge in [0.05, 0.1) is 24.8 Å². The van der Waals surface area contributed by atoms with Crippen LogP contribution in [0.2, 0.25) is 0 Å². The van der Waals surface area contributed by atoms with Gasteiger partial charge in [0, 0.05) is 36.9 Å². The SMILES string of the molecule is c1cc2c(c(-c3cncn3CC3CCOC3)c1)NCCC2. The van der Waals surface area contributed by atoms with E-state index in [4.69, 9.17) is 4.74 Å². The van der Waals surface area contributed by atoms with Gasteiger partial charge in [0.2, 0.25) is 0 Å². The fourth-order valence-corrected chi connectivity index (χ4v) is 3.42. The molecule has 1 fully saturated rings. The second-order valence-electron chi connectivity index (χ2n) is 6.03. The molecule has 4 rings (SSSR count). The normalized spacial score (nSPS) is 21.0. The highest BCUT2D eigenvalue weighted by Crippen LogP contribution is 2.34. The second kappa shape index (κ2) is 5.53. The Hall–Kier alpha value is -1.81. The molecule has 0 saturated carbocycles. The lowest BCUT2D eigenvalue weighted by molar-refractivity contribution is 0.182. The molecular formula is C17H21N3O. The molecule has 0 radical (unpaired) electrons. The van der Waals surface area contributed by atoms with Crippen LogP contribution in [-0.2, 0) is 17.7 Å². The minimum absolute atomic E-state index is 0.616. The molecule has 1 unspecified atom stereocenters. The van der Waals surface area contributed by atoms with Crippen molar-refractivity contribution in [3.8, 4) is 11.3 Å². The molecule has 2 aliphatic heterocycles. The molecule has 0 amide bonds. The maximum atomic E-state index is 5.50. The number of hydrogen-bond donors (Lipinski definition) is 1. The van der Waals surface area contributed by atoms with E-state index in [0.717, 1.165) is 32.7 Å². The van der Waals surface area contributed by atoms with Crippen molar-refractivity contribution in [1.82, 2.24) is 9.55 Å². The van der Waals surface area contributed by atoms with E-state index in [-0.39, 0.29) is 0 Å². The van der Waals surface area contributed by atoms with Crippen LogP contribution in [-0.4, -0.2) is 29.3 Å². The van der Waals surface area contributed by atoms with Gasteiger partial charge in [0.1, 0.15) is 0 Å². The van der Waals surface area contributed by atoms with Gasteiger partial charge in [0.25, 0.3) is 0 Å². The lowest BCUT2D eigenvalue weighted by atomic mass is 9.98. The highest BCUT2D eigenvalue weighted by atomic mass is 16.5. The van der Waals surface area contributed by atoms with Crippen molar-refractivity contribution in [3.05, 3.63) is 36.3 Å². The molecule has 1 atom stereocenters. The Labute approximate surface area is 125 Å². The minimum atomic E-state index is 0.616. The lowest BCUT2D eigenvalue weighted by Crippen LogP contribution is -2.14. The van der Waals surface area contributed by atoms with Gasteiger partial charge in [0.15, 0.2) is 0 Å². The number of aromatic nitrogens is 2. The van der Waals surface area contributed by atoms with Gasteiger partial charge in [-0.1, -0.05) is 18.2 Å². The Kier molecular flexibility index (Phi) is 3.39. The molecule has 1 aromatic carbocycles. The van der Waals surface area contributed by atoms with Gasteiger partial charge in [-0.3, -0.25) is 0 Å². The predicted molar refractivity (Wildman–Crippen MR) is 83.4 cm³/mol. The second-order valence-corrected chi connectivity index (χ2v) is 6.03. The van der Waals surface area contributed by atoms with Crippen LogP contribution in [0.4, 0.5) is 5.69 Å². The Bertz CT molecular complexity index is 629. The van der Waals surface area contributed by atoms with Crippen molar-refractivity contribution < 1.29 is 4.74 Å². The Balaban J connectivity index is 1.69. The van der Waals surface area contributed by atoms with Crippen LogP contribution in [0.25, 0.3) is 11.3 Å². The average Bonchev–Trinajstić information content (AvgIpc) is 3.19. The smallest absolute Gasteiger partial charge is 0.0951 e. The summed E-state index contributed by atoms with van der Waals surface area (Å²) in [5.41, 5.74) is 5.22. The molecule has 2 aliphatic rings. The molecule has 0 spiro atoms. The van der Waals surface area contributed by atoms with Crippen LogP contribution >= 0.6 is 0 Å². The molecule has 110 valence electrons. The highest BCUT2D eigenvalue weighted by molar-refractivity contribution is 5.78. The molecule has 1 saturated heterocycles. The summed E-state index contributed by atoms with van der Waals surface area (Å²) in [6, 6.07) is 6.60. The topological polar surface area (TPSA) is 39.1 Å². The first-order chi connectivity index (χ1) is 10.4. The van der Waals surface area contributed by atoms with Gasteiger partial charge in [-0.2, -0.15) is 0 Å². The average molecular weight is 283 g/mol. The number of fused-ring (bicyclic) bond motifs is 1. The number of benzene rings is 1. The van der Waals surface area contributed by atoms with E-state index < -0.39 is 0 Å². The van der Waals surface area contributed by atoms with Crippen LogP contribution in [0.1, 0.15) is 18.4 Å². The standard InChI is InChI=1S/C17H21N3O/c1-3-14-4-2-7-19-17(14)15(5-1)16-9-18-12-20(16)10-13-6-8-21-11-13/h1,3,5,9,12-13,19H,2,4,6-8,10-11H2. The molecule has 4 nitrogen and oxygen atoms in total. The van der Waals surface area contributed by atoms with E-state index >= 15 is 0 Å². The largest absolute Gasteiger partial charge is 0.384 e. The molecule has 0 bridgehead atoms. The van der Waals surface area contributed by atoms with E-state index in [1.54, 1.807) is 0 Å². The summed E-state index contributed by atoms with van der Waals surface area (Å²) in [7, 11) is 0. The molecule has 4 heteroatoms. The summed E-state index contributed by atoms with van der Waals surface area (Å²) in [6.07, 6.45) is 7.48. The van der Waals surface area contributed by atoms with Crippen LogP contribution in [0.5, 0.6) is 0 Å². The minimum Gasteiger partial charge on any atom is -0.384 e. The number of imidazole rings is 1. The zero-order valence-corrected chi connectivity index (χ0v) is 12.2. The molecule has 2 aromatic rings. The molecule has 1 N–H and O–H groups in total. The maximum absolute atomic E-state index is 5.50. The highest BCUT2D eigenvalue weighted by Gasteiger charge is 2.20. The van der Waals surface area contributed by atoms with Crippen molar-refractivity contribution in [1.29, 1.82) is 0 Å². The number of hydrogen-bond acceptors (Lipinski definition) is 3. The van der Waals surface area contributed by atoms with E-state index in [2.05, 4.69) is 33.1 Å². The number of ether oxygens (including phenoxy) is 1. The monoisotopic (exact) mass is 283 g/mol. The summed E-state index contributed by atoms with van der Waals surface area (Å²) in [4.78, 5) is 4.38. The quantitative estimate of drug-likeness (QED) is 0.941. The van der Waals surface area contributed by atoms with Crippen LogP contribution in [0.3, 0.4) is 0 Å². The summed E-state index contributed by atoms with van der Waals surface area (Å²) < 4.78 is 7.78. The van der Waals surface area contributed by atoms with Crippen molar-refractivity contribution >= 4 is 5.69 Å². The molecular weight excluding hydrogens is 262 g/mol. The summed E-state index contributed by atoms with van der Waals surface area (Å²) in [5.74, 6) is 0.616. The Morgan fingerprint density at radius 2 is 2.38 bits per heavy atom. The number of anilines is 1. The van der Waals surface area contributed by atoms with Crippen LogP contribution < -0.4 is 5.32 Å². The summed E-state index contributed by atoms with van der Waals surface area (Å²) in [6.45, 7) is 3.84. The molecule has 21 heavy (non-hydrogen) atoms. The van der Waals surface area contributed by atoms with E-state index in [0.29, 0.717) is 5.92 Å². The summed E-state index contributed by atoms with van der Waals surface area (Å²) in [5, 5.41) is 3.57. The van der Waals surface area contributed by atoms with E-state index in [9.17, 15) is 0 Å². The van der Waals surface area contributed by atoms with Gasteiger partial charge in [-0.25, -0.2) is 4.98 Å². The maximum Gasteiger partial charge on any atom is 0.0951 e. The fraction of sp³-hybridized carbons (Fsp3) is 0.471. The van der Waals surface area contributed by atoms with Crippen molar-refractivity contribution in [2.45, 2.75) is 25.8 Å². The van der Waals surface area contributed by atoms with Gasteiger partial charge < -0.3 is 14.6 Å². The Morgan fingerprint density at radius 3 is 3.29 bits per heavy atom. The molecule has 0 aliphatic carbocycles. The zero-order chi connectivity index (χ0) is 14.1. The fourth-order valence-electron chi connectivity index (χ4n) is 3.42. The van der Waals surface area contributed by atoms with Crippen LogP contribution in [0, 0.1) is 5.92 Å². The van der Waals surface area contributed by atoms with Crippen molar-refractivity contribution in [2.24, 2.45) is 5.92 Å². The number of nitrogens with zero attached hydrogens (tertiary/aromatic N) is 2. The Morgan fingerprint density at radius 1 is 1.38 bits per heavy atom. The number of para-hydroxylation sites is 1. The van der Waals surface area contributed by atoms with E-state index in [1.807, 2.05) is 12.5 Å². The predicted octanol–water partition coefficient (Wildman–Crippen LogP) is 2.94. The summed E-state index contributed by atoms with van der Waals surface area (Å²) >= 11 is 0. The first-order valence-corrected chi connectivity index (χ1v) is 7.86. The first-order valence-electron chi connectivity index (χ1n) is 7.86. The van der Waals surface area contributed by atoms with E-state index in [1.165, 1.54) is 35.3 Å². The first kappa shape index (κ1) is 12.9. The lowest BCUT2D eigenvalue weighted by Gasteiger charge is -2.22. The number of rotatable bonds is 3. The third kappa shape index (κ3) is 2.44. The number of nitrogens with one attached hydrogen (secondary N) is 1. The van der Waals surface area contributed by atoms with Gasteiger partial charge in [-0.15, -0.1) is 0 Å².